The molecule has 0 saturated heterocycles. The molecule has 2 aromatic rings. The van der Waals surface area contributed by atoms with Gasteiger partial charge in [-0.25, -0.2) is 4.79 Å². The smallest absolute Gasteiger partial charge is 0.331 e. The van der Waals surface area contributed by atoms with E-state index in [-0.39, 0.29) is 0 Å². The van der Waals surface area contributed by atoms with Gasteiger partial charge in [-0.1, -0.05) is 30.3 Å². The van der Waals surface area contributed by atoms with Crippen molar-refractivity contribution in [2.75, 3.05) is 6.54 Å². The van der Waals surface area contributed by atoms with Gasteiger partial charge in [0, 0.05) is 0 Å². The van der Waals surface area contributed by atoms with Crippen LogP contribution in [0.1, 0.15) is 20.7 Å². The van der Waals surface area contributed by atoms with Crippen molar-refractivity contribution in [3.8, 4) is 5.75 Å². The number of nitrogens with zero attached hydrogens (tertiary/aromatic N) is 1. The number of para-hydroxylation sites is 1. The van der Waals surface area contributed by atoms with Crippen molar-refractivity contribution in [1.82, 2.24) is 4.90 Å². The molecule has 0 saturated carbocycles. The minimum Gasteiger partial charge on any atom is -0.425 e. The lowest BCUT2D eigenvalue weighted by molar-refractivity contribution is -0.134. The van der Waals surface area contributed by atoms with E-state index in [4.69, 9.17) is 4.74 Å². The van der Waals surface area contributed by atoms with Crippen molar-refractivity contribution in [3.63, 3.8) is 0 Å². The molecule has 1 heterocycles. The Morgan fingerprint density at radius 3 is 1.95 bits per heavy atom. The molecule has 0 aliphatic carbocycles. The molecule has 21 heavy (non-hydrogen) atoms. The van der Waals surface area contributed by atoms with E-state index in [1.165, 1.54) is 0 Å². The molecule has 5 nitrogen and oxygen atoms in total. The Labute approximate surface area is 120 Å². The van der Waals surface area contributed by atoms with Crippen molar-refractivity contribution in [1.29, 1.82) is 0 Å². The number of ether oxygens (including phenoxy) is 1. The predicted octanol–water partition coefficient (Wildman–Crippen LogP) is 1.89. The lowest BCUT2D eigenvalue weighted by atomic mass is 10.1. The van der Waals surface area contributed by atoms with Gasteiger partial charge in [0.2, 0.25) is 0 Å². The van der Waals surface area contributed by atoms with Crippen LogP contribution in [-0.4, -0.2) is 29.2 Å². The van der Waals surface area contributed by atoms with Gasteiger partial charge in [0.05, 0.1) is 11.1 Å². The lowest BCUT2D eigenvalue weighted by Crippen LogP contribution is -2.36. The zero-order valence-corrected chi connectivity index (χ0v) is 11.0. The first-order chi connectivity index (χ1) is 10.2. The molecule has 0 spiro atoms. The zero-order chi connectivity index (χ0) is 14.8. The summed E-state index contributed by atoms with van der Waals surface area (Å²) in [5, 5.41) is 0. The van der Waals surface area contributed by atoms with E-state index >= 15 is 0 Å². The summed E-state index contributed by atoms with van der Waals surface area (Å²) in [5.74, 6) is -1.23. The third-order valence-corrected chi connectivity index (χ3v) is 3.14. The summed E-state index contributed by atoms with van der Waals surface area (Å²) in [6.45, 7) is -0.402. The second-order valence-corrected chi connectivity index (χ2v) is 4.53. The fraction of sp³-hybridized carbons (Fsp3) is 0.0625. The number of carbonyl (C=O) groups excluding carboxylic acids is 3. The van der Waals surface area contributed by atoms with E-state index in [1.807, 2.05) is 0 Å². The van der Waals surface area contributed by atoms with Gasteiger partial charge < -0.3 is 4.74 Å². The maximum Gasteiger partial charge on any atom is 0.331 e. The quantitative estimate of drug-likeness (QED) is 0.489. The van der Waals surface area contributed by atoms with Gasteiger partial charge >= 0.3 is 5.97 Å². The molecule has 2 aromatic carbocycles. The van der Waals surface area contributed by atoms with Crippen LogP contribution < -0.4 is 4.74 Å². The summed E-state index contributed by atoms with van der Waals surface area (Å²) in [7, 11) is 0. The lowest BCUT2D eigenvalue weighted by Gasteiger charge is -2.12. The van der Waals surface area contributed by atoms with Gasteiger partial charge in [-0.15, -0.1) is 0 Å². The van der Waals surface area contributed by atoms with Crippen molar-refractivity contribution >= 4 is 17.8 Å². The molecule has 104 valence electrons. The van der Waals surface area contributed by atoms with Gasteiger partial charge in [0.25, 0.3) is 11.8 Å². The number of carbonyl (C=O) groups is 3. The SMILES string of the molecule is O=C(CN1C(=O)c2ccccc2C1=O)Oc1ccccc1. The van der Waals surface area contributed by atoms with Crippen molar-refractivity contribution < 1.29 is 19.1 Å². The second kappa shape index (κ2) is 5.20. The summed E-state index contributed by atoms with van der Waals surface area (Å²) < 4.78 is 5.09. The minimum atomic E-state index is -0.657. The predicted molar refractivity (Wildman–Crippen MR) is 73.9 cm³/mol. The number of hydrogen-bond donors (Lipinski definition) is 0. The van der Waals surface area contributed by atoms with Crippen LogP contribution in [-0.2, 0) is 4.79 Å². The first-order valence-electron chi connectivity index (χ1n) is 6.38. The average Bonchev–Trinajstić information content (AvgIpc) is 2.74. The molecule has 0 unspecified atom stereocenters. The van der Waals surface area contributed by atoms with Crippen LogP contribution in [0.4, 0.5) is 0 Å². The van der Waals surface area contributed by atoms with Crippen LogP contribution in [0, 0.1) is 0 Å². The Bertz CT molecular complexity index is 689. The van der Waals surface area contributed by atoms with E-state index in [0.717, 1.165) is 4.90 Å². The van der Waals surface area contributed by atoms with Gasteiger partial charge in [-0.05, 0) is 24.3 Å². The number of amides is 2. The van der Waals surface area contributed by atoms with Crippen molar-refractivity contribution in [3.05, 3.63) is 65.7 Å². The number of rotatable bonds is 3. The number of esters is 1. The van der Waals surface area contributed by atoms with E-state index in [1.54, 1.807) is 54.6 Å². The molecule has 5 heteroatoms. The Balaban J connectivity index is 1.73. The zero-order valence-electron chi connectivity index (χ0n) is 11.0. The van der Waals surface area contributed by atoms with Crippen LogP contribution in [0.25, 0.3) is 0 Å². The maximum absolute atomic E-state index is 12.1. The Hall–Kier alpha value is -2.95. The van der Waals surface area contributed by atoms with Crippen molar-refractivity contribution in [2.24, 2.45) is 0 Å². The first-order valence-corrected chi connectivity index (χ1v) is 6.38. The highest BCUT2D eigenvalue weighted by molar-refractivity contribution is 6.22. The third-order valence-electron chi connectivity index (χ3n) is 3.14. The molecule has 0 bridgehead atoms. The molecular formula is C16H11NO4. The third kappa shape index (κ3) is 2.41. The minimum absolute atomic E-state index is 0.315. The van der Waals surface area contributed by atoms with Crippen LogP contribution >= 0.6 is 0 Å². The number of imide groups is 1. The monoisotopic (exact) mass is 281 g/mol. The Morgan fingerprint density at radius 1 is 0.857 bits per heavy atom. The van der Waals surface area contributed by atoms with E-state index in [0.29, 0.717) is 16.9 Å². The largest absolute Gasteiger partial charge is 0.425 e. The van der Waals surface area contributed by atoms with Crippen molar-refractivity contribution in [2.45, 2.75) is 0 Å². The summed E-state index contributed by atoms with van der Waals surface area (Å²) in [5.41, 5.74) is 0.630. The van der Waals surface area contributed by atoms with Gasteiger partial charge in [-0.3, -0.25) is 14.5 Å². The molecule has 0 atom stereocenters. The molecule has 0 aromatic heterocycles. The number of hydrogen-bond acceptors (Lipinski definition) is 4. The topological polar surface area (TPSA) is 63.7 Å². The molecule has 0 N–H and O–H groups in total. The highest BCUT2D eigenvalue weighted by Crippen LogP contribution is 2.22. The van der Waals surface area contributed by atoms with Crippen LogP contribution in [0.2, 0.25) is 0 Å². The summed E-state index contributed by atoms with van der Waals surface area (Å²) >= 11 is 0. The summed E-state index contributed by atoms with van der Waals surface area (Å²) in [4.78, 5) is 36.9. The molecule has 0 radical (unpaired) electrons. The molecule has 2 amide bonds. The molecule has 0 fully saturated rings. The standard InChI is InChI=1S/C16H11NO4/c18-14(21-11-6-2-1-3-7-11)10-17-15(19)12-8-4-5-9-13(12)16(17)20/h1-9H,10H2. The normalized spacial score (nSPS) is 13.2. The van der Waals surface area contributed by atoms with Crippen LogP contribution in [0.15, 0.2) is 54.6 Å². The van der Waals surface area contributed by atoms with E-state index in [2.05, 4.69) is 0 Å². The van der Waals surface area contributed by atoms with Gasteiger partial charge in [-0.2, -0.15) is 0 Å². The van der Waals surface area contributed by atoms with Gasteiger partial charge in [0.15, 0.2) is 0 Å². The Morgan fingerprint density at radius 2 is 1.38 bits per heavy atom. The fourth-order valence-corrected chi connectivity index (χ4v) is 2.16. The number of fused-ring (bicyclic) bond motifs is 1. The van der Waals surface area contributed by atoms with Crippen LogP contribution in [0.5, 0.6) is 5.75 Å². The molecule has 3 rings (SSSR count). The Kier molecular flexibility index (Phi) is 3.23. The summed E-state index contributed by atoms with van der Waals surface area (Å²) in [6, 6.07) is 15.0. The molecule has 1 aliphatic heterocycles. The van der Waals surface area contributed by atoms with E-state index in [9.17, 15) is 14.4 Å². The average molecular weight is 281 g/mol. The highest BCUT2D eigenvalue weighted by atomic mass is 16.5. The van der Waals surface area contributed by atoms with E-state index < -0.39 is 24.3 Å². The first kappa shape index (κ1) is 13.1. The van der Waals surface area contributed by atoms with Crippen LogP contribution in [0.3, 0.4) is 0 Å². The second-order valence-electron chi connectivity index (χ2n) is 4.53. The maximum atomic E-state index is 12.1. The van der Waals surface area contributed by atoms with Gasteiger partial charge in [0.1, 0.15) is 12.3 Å². The molecular weight excluding hydrogens is 270 g/mol. The summed E-state index contributed by atoms with van der Waals surface area (Å²) in [6.07, 6.45) is 0. The number of benzene rings is 2. The molecule has 1 aliphatic rings. The highest BCUT2D eigenvalue weighted by Gasteiger charge is 2.36. The fourth-order valence-electron chi connectivity index (χ4n) is 2.16.